The number of nitrogens with zero attached hydrogens (tertiary/aromatic N) is 2. The van der Waals surface area contributed by atoms with E-state index in [9.17, 15) is 4.79 Å². The summed E-state index contributed by atoms with van der Waals surface area (Å²) in [5.41, 5.74) is 7.95. The van der Waals surface area contributed by atoms with E-state index < -0.39 is 0 Å². The van der Waals surface area contributed by atoms with Crippen LogP contribution in [0, 0.1) is 0 Å². The number of nitrogen functional groups attached to an aromatic ring is 1. The minimum absolute atomic E-state index is 0.286. The molecule has 0 atom stereocenters. The Morgan fingerprint density at radius 2 is 1.78 bits per heavy atom. The van der Waals surface area contributed by atoms with Crippen LogP contribution in [0.3, 0.4) is 0 Å². The van der Waals surface area contributed by atoms with E-state index in [1.54, 1.807) is 47.4 Å². The average Bonchev–Trinajstić information content (AvgIpc) is 3.13. The molecule has 0 fully saturated rings. The predicted octanol–water partition coefficient (Wildman–Crippen LogP) is 2.73. The number of anilines is 2. The molecule has 3 rings (SSSR count). The molecule has 3 N–H and O–H groups in total. The van der Waals surface area contributed by atoms with Crippen LogP contribution >= 0.6 is 0 Å². The number of amides is 1. The van der Waals surface area contributed by atoms with Gasteiger partial charge in [0.25, 0.3) is 5.91 Å². The third-order valence-electron chi connectivity index (χ3n) is 3.90. The number of aromatic nitrogens is 2. The van der Waals surface area contributed by atoms with Crippen LogP contribution in [0.1, 0.15) is 10.4 Å². The van der Waals surface area contributed by atoms with Gasteiger partial charge in [-0.2, -0.15) is 5.10 Å². The fourth-order valence-electron chi connectivity index (χ4n) is 2.62. The maximum atomic E-state index is 12.7. The quantitative estimate of drug-likeness (QED) is 0.694. The first-order valence-electron chi connectivity index (χ1n) is 8.07. The van der Waals surface area contributed by atoms with E-state index in [0.29, 0.717) is 34.2 Å². The van der Waals surface area contributed by atoms with Crippen molar-refractivity contribution in [2.75, 3.05) is 32.4 Å². The van der Waals surface area contributed by atoms with Crippen molar-refractivity contribution in [3.05, 3.63) is 54.4 Å². The molecule has 27 heavy (non-hydrogen) atoms. The number of hydrogen-bond donors (Lipinski definition) is 2. The highest BCUT2D eigenvalue weighted by atomic mass is 16.5. The van der Waals surface area contributed by atoms with Gasteiger partial charge < -0.3 is 25.3 Å². The fraction of sp³-hybridized carbons (Fsp3) is 0.158. The molecule has 1 heterocycles. The Bertz CT molecular complexity index is 943. The van der Waals surface area contributed by atoms with E-state index >= 15 is 0 Å². The second-order valence-corrected chi connectivity index (χ2v) is 5.64. The van der Waals surface area contributed by atoms with Gasteiger partial charge in [0.2, 0.25) is 5.75 Å². The SMILES string of the molecule is COc1cc(NC(=O)c2cccc(-n3cc(N)cn3)c2)cc(OC)c1OC. The lowest BCUT2D eigenvalue weighted by Gasteiger charge is -2.14. The first-order chi connectivity index (χ1) is 13.0. The van der Waals surface area contributed by atoms with Gasteiger partial charge in [-0.3, -0.25) is 4.79 Å². The summed E-state index contributed by atoms with van der Waals surface area (Å²) in [5, 5.41) is 6.98. The molecule has 140 valence electrons. The normalized spacial score (nSPS) is 10.3. The summed E-state index contributed by atoms with van der Waals surface area (Å²) < 4.78 is 17.5. The topological polar surface area (TPSA) is 101 Å². The summed E-state index contributed by atoms with van der Waals surface area (Å²) in [6.07, 6.45) is 3.22. The first-order valence-corrected chi connectivity index (χ1v) is 8.07. The first kappa shape index (κ1) is 18.1. The molecule has 0 unspecified atom stereocenters. The number of rotatable bonds is 6. The largest absolute Gasteiger partial charge is 0.493 e. The third-order valence-corrected chi connectivity index (χ3v) is 3.90. The van der Waals surface area contributed by atoms with Gasteiger partial charge in [-0.05, 0) is 18.2 Å². The Morgan fingerprint density at radius 1 is 1.07 bits per heavy atom. The average molecular weight is 368 g/mol. The molecule has 0 bridgehead atoms. The van der Waals surface area contributed by atoms with Gasteiger partial charge in [0, 0.05) is 23.4 Å². The van der Waals surface area contributed by atoms with Crippen molar-refractivity contribution < 1.29 is 19.0 Å². The van der Waals surface area contributed by atoms with Gasteiger partial charge in [-0.15, -0.1) is 0 Å². The number of nitrogens with two attached hydrogens (primary N) is 1. The van der Waals surface area contributed by atoms with Crippen LogP contribution in [0.5, 0.6) is 17.2 Å². The standard InChI is InChI=1S/C19H20N4O4/c1-25-16-8-14(9-17(26-2)18(16)27-3)22-19(24)12-5-4-6-15(7-12)23-11-13(20)10-21-23/h4-11H,20H2,1-3H3,(H,22,24). The van der Waals surface area contributed by atoms with Gasteiger partial charge in [0.05, 0.1) is 45.1 Å². The van der Waals surface area contributed by atoms with Crippen molar-refractivity contribution in [1.29, 1.82) is 0 Å². The van der Waals surface area contributed by atoms with Gasteiger partial charge in [0.15, 0.2) is 11.5 Å². The summed E-state index contributed by atoms with van der Waals surface area (Å²) in [6.45, 7) is 0. The molecule has 0 spiro atoms. The van der Waals surface area contributed by atoms with E-state index in [1.165, 1.54) is 21.3 Å². The number of hydrogen-bond acceptors (Lipinski definition) is 6. The highest BCUT2D eigenvalue weighted by molar-refractivity contribution is 6.04. The van der Waals surface area contributed by atoms with Crippen LogP contribution in [0.2, 0.25) is 0 Å². The number of methoxy groups -OCH3 is 3. The maximum Gasteiger partial charge on any atom is 0.255 e. The Balaban J connectivity index is 1.87. The second-order valence-electron chi connectivity index (χ2n) is 5.64. The minimum atomic E-state index is -0.286. The minimum Gasteiger partial charge on any atom is -0.493 e. The smallest absolute Gasteiger partial charge is 0.255 e. The van der Waals surface area contributed by atoms with E-state index in [0.717, 1.165) is 5.69 Å². The maximum absolute atomic E-state index is 12.7. The summed E-state index contributed by atoms with van der Waals surface area (Å²) in [4.78, 5) is 12.7. The van der Waals surface area contributed by atoms with Crippen LogP contribution in [0.15, 0.2) is 48.8 Å². The number of carbonyl (C=O) groups is 1. The number of carbonyl (C=O) groups excluding carboxylic acids is 1. The molecular weight excluding hydrogens is 348 g/mol. The molecule has 0 aliphatic heterocycles. The number of ether oxygens (including phenoxy) is 3. The molecule has 1 amide bonds. The molecule has 0 aliphatic rings. The Morgan fingerprint density at radius 3 is 2.33 bits per heavy atom. The van der Waals surface area contributed by atoms with Crippen molar-refractivity contribution in [3.8, 4) is 22.9 Å². The Labute approximate surface area is 156 Å². The number of benzene rings is 2. The van der Waals surface area contributed by atoms with Crippen molar-refractivity contribution >= 4 is 17.3 Å². The molecule has 3 aromatic rings. The van der Waals surface area contributed by atoms with E-state index in [-0.39, 0.29) is 5.91 Å². The van der Waals surface area contributed by atoms with E-state index in [1.807, 2.05) is 6.07 Å². The molecule has 2 aromatic carbocycles. The van der Waals surface area contributed by atoms with E-state index in [2.05, 4.69) is 10.4 Å². The predicted molar refractivity (Wildman–Crippen MR) is 102 cm³/mol. The Hall–Kier alpha value is -3.68. The third kappa shape index (κ3) is 3.79. The van der Waals surface area contributed by atoms with Crippen LogP contribution in [0.4, 0.5) is 11.4 Å². The van der Waals surface area contributed by atoms with E-state index in [4.69, 9.17) is 19.9 Å². The molecule has 0 saturated carbocycles. The fourth-order valence-corrected chi connectivity index (χ4v) is 2.62. The molecule has 0 radical (unpaired) electrons. The van der Waals surface area contributed by atoms with Crippen LogP contribution in [-0.2, 0) is 0 Å². The zero-order valence-electron chi connectivity index (χ0n) is 15.2. The van der Waals surface area contributed by atoms with Gasteiger partial charge in [0.1, 0.15) is 0 Å². The molecule has 0 aliphatic carbocycles. The van der Waals surface area contributed by atoms with Gasteiger partial charge >= 0.3 is 0 Å². The van der Waals surface area contributed by atoms with Crippen molar-refractivity contribution in [1.82, 2.24) is 9.78 Å². The molecular formula is C19H20N4O4. The van der Waals surface area contributed by atoms with Gasteiger partial charge in [-0.1, -0.05) is 6.07 Å². The van der Waals surface area contributed by atoms with Gasteiger partial charge in [-0.25, -0.2) is 4.68 Å². The van der Waals surface area contributed by atoms with Crippen molar-refractivity contribution in [2.24, 2.45) is 0 Å². The summed E-state index contributed by atoms with van der Waals surface area (Å²) >= 11 is 0. The van der Waals surface area contributed by atoms with Crippen LogP contribution in [-0.4, -0.2) is 37.0 Å². The second kappa shape index (κ2) is 7.69. The Kier molecular flexibility index (Phi) is 5.16. The summed E-state index contributed by atoms with van der Waals surface area (Å²) in [6, 6.07) is 10.4. The van der Waals surface area contributed by atoms with Crippen molar-refractivity contribution in [2.45, 2.75) is 0 Å². The number of nitrogens with one attached hydrogen (secondary N) is 1. The zero-order chi connectivity index (χ0) is 19.4. The molecule has 1 aromatic heterocycles. The molecule has 8 nitrogen and oxygen atoms in total. The highest BCUT2D eigenvalue weighted by Gasteiger charge is 2.15. The molecule has 0 saturated heterocycles. The monoisotopic (exact) mass is 368 g/mol. The zero-order valence-corrected chi connectivity index (χ0v) is 15.2. The van der Waals surface area contributed by atoms with Crippen molar-refractivity contribution in [3.63, 3.8) is 0 Å². The van der Waals surface area contributed by atoms with Crippen LogP contribution in [0.25, 0.3) is 5.69 Å². The highest BCUT2D eigenvalue weighted by Crippen LogP contribution is 2.40. The molecule has 8 heteroatoms. The van der Waals surface area contributed by atoms with Crippen LogP contribution < -0.4 is 25.3 Å². The summed E-state index contributed by atoms with van der Waals surface area (Å²) in [7, 11) is 4.55. The summed E-state index contributed by atoms with van der Waals surface area (Å²) in [5.74, 6) is 1.07. The lowest BCUT2D eigenvalue weighted by molar-refractivity contribution is 0.102. The lowest BCUT2D eigenvalue weighted by Crippen LogP contribution is -2.13. The lowest BCUT2D eigenvalue weighted by atomic mass is 10.1.